The lowest BCUT2D eigenvalue weighted by Gasteiger charge is -2.22. The predicted octanol–water partition coefficient (Wildman–Crippen LogP) is 5.47. The van der Waals surface area contributed by atoms with Crippen LogP contribution in [0.1, 0.15) is 18.1 Å². The molecule has 0 aliphatic carbocycles. The van der Waals surface area contributed by atoms with Crippen molar-refractivity contribution < 1.29 is 18.7 Å². The summed E-state index contributed by atoms with van der Waals surface area (Å²) in [4.78, 5) is 14.4. The molecular weight excluding hydrogens is 509 g/mol. The van der Waals surface area contributed by atoms with E-state index in [1.165, 1.54) is 18.5 Å². The minimum absolute atomic E-state index is 0.00828. The first-order valence-electron chi connectivity index (χ1n) is 12.2. The minimum Gasteiger partial charge on any atom is -0.487 e. The highest BCUT2D eigenvalue weighted by Crippen LogP contribution is 2.31. The molecule has 5 rings (SSSR count). The number of hydrogen-bond donors (Lipinski definition) is 2. The van der Waals surface area contributed by atoms with Crippen molar-refractivity contribution in [3.8, 4) is 5.75 Å². The minimum atomic E-state index is -0.308. The number of oxime groups is 1. The molecule has 0 amide bonds. The van der Waals surface area contributed by atoms with Gasteiger partial charge in [-0.2, -0.15) is 0 Å². The molecule has 0 unspecified atom stereocenters. The van der Waals surface area contributed by atoms with Crippen molar-refractivity contribution in [3.63, 3.8) is 0 Å². The molecule has 0 bridgehead atoms. The maximum Gasteiger partial charge on any atom is 0.144 e. The van der Waals surface area contributed by atoms with Gasteiger partial charge in [-0.05, 0) is 60.5 Å². The molecule has 3 aromatic carbocycles. The van der Waals surface area contributed by atoms with E-state index in [2.05, 4.69) is 25.8 Å². The number of benzene rings is 3. The average Bonchev–Trinajstić information content (AvgIpc) is 2.93. The number of nitrogens with zero attached hydrogens (tertiary/aromatic N) is 3. The van der Waals surface area contributed by atoms with Gasteiger partial charge in [0, 0.05) is 24.2 Å². The van der Waals surface area contributed by atoms with Crippen LogP contribution in [0.25, 0.3) is 10.9 Å². The molecule has 196 valence electrons. The van der Waals surface area contributed by atoms with Crippen molar-refractivity contribution in [1.29, 1.82) is 0 Å². The number of rotatable bonds is 9. The van der Waals surface area contributed by atoms with Crippen LogP contribution >= 0.6 is 11.6 Å². The summed E-state index contributed by atoms with van der Waals surface area (Å²) in [5.41, 5.74) is 3.84. The molecule has 4 aromatic rings. The number of morpholine rings is 1. The zero-order valence-corrected chi connectivity index (χ0v) is 21.5. The van der Waals surface area contributed by atoms with Gasteiger partial charge in [0.2, 0.25) is 0 Å². The van der Waals surface area contributed by atoms with E-state index in [4.69, 9.17) is 25.9 Å². The lowest BCUT2D eigenvalue weighted by Crippen LogP contribution is -2.40. The second kappa shape index (κ2) is 12.2. The molecule has 1 fully saturated rings. The standard InChI is InChI=1S/C28H27ClFN5O3/c1-18(35-38-16-23-14-31-9-10-36-23)20-5-7-26-24(12-20)28(33-17-32-26)34-22-6-8-27(25(29)13-22)37-15-19-3-2-4-21(30)11-19/h2-8,11-13,17,23,31H,9-10,14-16H2,1H3,(H,32,33,34)/b35-18+/t23-/m0/s1. The molecule has 1 saturated heterocycles. The summed E-state index contributed by atoms with van der Waals surface area (Å²) in [6.07, 6.45) is 1.50. The maximum atomic E-state index is 13.4. The molecule has 1 aromatic heterocycles. The molecule has 1 atom stereocenters. The molecule has 0 radical (unpaired) electrons. The van der Waals surface area contributed by atoms with Gasteiger partial charge in [-0.25, -0.2) is 14.4 Å². The van der Waals surface area contributed by atoms with Gasteiger partial charge in [-0.1, -0.05) is 35.0 Å². The fourth-order valence-corrected chi connectivity index (χ4v) is 4.23. The molecular formula is C28H27ClFN5O3. The van der Waals surface area contributed by atoms with Gasteiger partial charge in [0.15, 0.2) is 0 Å². The Kier molecular flexibility index (Phi) is 8.28. The topological polar surface area (TPSA) is 89.9 Å². The fourth-order valence-electron chi connectivity index (χ4n) is 4.00. The fraction of sp³-hybridized carbons (Fsp3) is 0.250. The van der Waals surface area contributed by atoms with Crippen molar-refractivity contribution in [1.82, 2.24) is 15.3 Å². The lowest BCUT2D eigenvalue weighted by molar-refractivity contribution is -0.0302. The molecule has 1 aliphatic heterocycles. The van der Waals surface area contributed by atoms with E-state index in [-0.39, 0.29) is 18.5 Å². The molecule has 2 N–H and O–H groups in total. The Labute approximate surface area is 224 Å². The third-order valence-electron chi connectivity index (χ3n) is 6.00. The second-order valence-corrected chi connectivity index (χ2v) is 9.22. The Bertz CT molecular complexity index is 1450. The second-order valence-electron chi connectivity index (χ2n) is 8.81. The van der Waals surface area contributed by atoms with Crippen molar-refractivity contribution in [2.75, 3.05) is 31.6 Å². The summed E-state index contributed by atoms with van der Waals surface area (Å²) in [5.74, 6) is 0.812. The number of nitrogens with one attached hydrogen (secondary N) is 2. The van der Waals surface area contributed by atoms with E-state index < -0.39 is 0 Å². The van der Waals surface area contributed by atoms with Gasteiger partial charge in [-0.3, -0.25) is 0 Å². The largest absolute Gasteiger partial charge is 0.487 e. The first-order chi connectivity index (χ1) is 18.5. The normalized spacial score (nSPS) is 15.9. The quantitative estimate of drug-likeness (QED) is 0.217. The molecule has 10 heteroatoms. The Morgan fingerprint density at radius 1 is 1.18 bits per heavy atom. The van der Waals surface area contributed by atoms with E-state index in [1.807, 2.05) is 31.2 Å². The number of hydrogen-bond acceptors (Lipinski definition) is 8. The monoisotopic (exact) mass is 535 g/mol. The first-order valence-corrected chi connectivity index (χ1v) is 12.6. The van der Waals surface area contributed by atoms with Gasteiger partial charge in [0.1, 0.15) is 43.0 Å². The Balaban J connectivity index is 1.28. The van der Waals surface area contributed by atoms with Crippen LogP contribution in [-0.2, 0) is 16.2 Å². The third-order valence-corrected chi connectivity index (χ3v) is 6.29. The molecule has 2 heterocycles. The zero-order valence-electron chi connectivity index (χ0n) is 20.8. The van der Waals surface area contributed by atoms with Crippen LogP contribution in [0.2, 0.25) is 5.02 Å². The van der Waals surface area contributed by atoms with Crippen LogP contribution in [0.5, 0.6) is 5.75 Å². The van der Waals surface area contributed by atoms with Crippen LogP contribution in [0.4, 0.5) is 15.9 Å². The first kappa shape index (κ1) is 25.8. The predicted molar refractivity (Wildman–Crippen MR) is 146 cm³/mol. The number of aromatic nitrogens is 2. The number of halogens is 2. The summed E-state index contributed by atoms with van der Waals surface area (Å²) in [5, 5.41) is 12.1. The average molecular weight is 536 g/mol. The van der Waals surface area contributed by atoms with E-state index >= 15 is 0 Å². The van der Waals surface area contributed by atoms with Crippen molar-refractivity contribution in [2.24, 2.45) is 5.16 Å². The van der Waals surface area contributed by atoms with Crippen LogP contribution < -0.4 is 15.4 Å². The van der Waals surface area contributed by atoms with Crippen molar-refractivity contribution >= 4 is 39.7 Å². The number of anilines is 2. The molecule has 0 spiro atoms. The van der Waals surface area contributed by atoms with E-state index in [0.29, 0.717) is 29.8 Å². The summed E-state index contributed by atoms with van der Waals surface area (Å²) in [6, 6.07) is 17.4. The van der Waals surface area contributed by atoms with Crippen LogP contribution in [0, 0.1) is 5.82 Å². The molecule has 38 heavy (non-hydrogen) atoms. The molecule has 8 nitrogen and oxygen atoms in total. The zero-order chi connectivity index (χ0) is 26.3. The SMILES string of the molecule is C/C(=N\OC[C@@H]1CNCCO1)c1ccc2ncnc(Nc3ccc(OCc4cccc(F)c4)c(Cl)c3)c2c1. The summed E-state index contributed by atoms with van der Waals surface area (Å²) in [7, 11) is 0. The van der Waals surface area contributed by atoms with Gasteiger partial charge < -0.3 is 24.9 Å². The number of fused-ring (bicyclic) bond motifs is 1. The van der Waals surface area contributed by atoms with E-state index in [9.17, 15) is 4.39 Å². The number of ether oxygens (including phenoxy) is 2. The van der Waals surface area contributed by atoms with Gasteiger partial charge >= 0.3 is 0 Å². The van der Waals surface area contributed by atoms with Crippen molar-refractivity contribution in [3.05, 3.63) is 89.0 Å². The Morgan fingerprint density at radius 2 is 2.11 bits per heavy atom. The van der Waals surface area contributed by atoms with Crippen LogP contribution in [0.15, 0.2) is 72.1 Å². The van der Waals surface area contributed by atoms with Crippen LogP contribution in [0.3, 0.4) is 0 Å². The highest BCUT2D eigenvalue weighted by Gasteiger charge is 2.14. The van der Waals surface area contributed by atoms with Gasteiger partial charge in [0.25, 0.3) is 0 Å². The lowest BCUT2D eigenvalue weighted by atomic mass is 10.1. The third kappa shape index (κ3) is 6.55. The maximum absolute atomic E-state index is 13.4. The van der Waals surface area contributed by atoms with Gasteiger partial charge in [0.05, 0.1) is 22.9 Å². The molecule has 1 aliphatic rings. The Morgan fingerprint density at radius 3 is 2.92 bits per heavy atom. The Hall–Kier alpha value is -3.79. The smallest absolute Gasteiger partial charge is 0.144 e. The highest BCUT2D eigenvalue weighted by atomic mass is 35.5. The highest BCUT2D eigenvalue weighted by molar-refractivity contribution is 6.32. The summed E-state index contributed by atoms with van der Waals surface area (Å²) in [6.45, 7) is 4.76. The van der Waals surface area contributed by atoms with E-state index in [1.54, 1.807) is 24.3 Å². The van der Waals surface area contributed by atoms with E-state index in [0.717, 1.165) is 46.5 Å². The van der Waals surface area contributed by atoms with Crippen LogP contribution in [-0.4, -0.2) is 48.1 Å². The summed E-state index contributed by atoms with van der Waals surface area (Å²) >= 11 is 6.47. The van der Waals surface area contributed by atoms with Gasteiger partial charge in [-0.15, -0.1) is 0 Å². The van der Waals surface area contributed by atoms with Crippen molar-refractivity contribution in [2.45, 2.75) is 19.6 Å². The summed E-state index contributed by atoms with van der Waals surface area (Å²) < 4.78 is 24.8. The molecule has 0 saturated carbocycles.